The minimum atomic E-state index is -0.427. The predicted molar refractivity (Wildman–Crippen MR) is 144 cm³/mol. The Hall–Kier alpha value is -4.64. The molecule has 1 fully saturated rings. The minimum Gasteiger partial charge on any atom is -0.338 e. The molecule has 3 aromatic heterocycles. The summed E-state index contributed by atoms with van der Waals surface area (Å²) in [4.78, 5) is 47.2. The number of piperidine rings is 1. The standard InChI is InChI=1S/C27H22N6O4S/c34-25(22-16-29-27-28-10-1-11-32(22)27)30-20-4-2-17(3-5-20)18-8-12-31(13-9-18)26(35)24-15-19-14-21(33(36)37)6-7-23(19)38-24/h1-7,10-11,14-16,18H,8-9,12-13H2,(H,30,34). The van der Waals surface area contributed by atoms with E-state index in [1.165, 1.54) is 35.2 Å². The van der Waals surface area contributed by atoms with Crippen LogP contribution in [-0.2, 0) is 0 Å². The molecule has 1 saturated heterocycles. The van der Waals surface area contributed by atoms with Gasteiger partial charge in [-0.3, -0.25) is 24.1 Å². The lowest BCUT2D eigenvalue weighted by molar-refractivity contribution is -0.384. The summed E-state index contributed by atoms with van der Waals surface area (Å²) in [6.07, 6.45) is 6.55. The van der Waals surface area contributed by atoms with Crippen LogP contribution in [0.4, 0.5) is 11.4 Å². The smallest absolute Gasteiger partial charge is 0.274 e. The molecule has 4 heterocycles. The van der Waals surface area contributed by atoms with Crippen LogP contribution in [0.2, 0.25) is 0 Å². The van der Waals surface area contributed by atoms with Crippen LogP contribution in [-0.4, -0.2) is 49.1 Å². The number of hydrogen-bond donors (Lipinski definition) is 1. The fraction of sp³-hybridized carbons (Fsp3) is 0.185. The van der Waals surface area contributed by atoms with E-state index in [9.17, 15) is 19.7 Å². The van der Waals surface area contributed by atoms with Crippen LogP contribution in [0, 0.1) is 10.1 Å². The maximum atomic E-state index is 13.1. The Labute approximate surface area is 220 Å². The Balaban J connectivity index is 1.07. The van der Waals surface area contributed by atoms with Gasteiger partial charge in [-0.15, -0.1) is 11.3 Å². The normalized spacial score (nSPS) is 14.2. The summed E-state index contributed by atoms with van der Waals surface area (Å²) in [5.74, 6) is 0.488. The number of amides is 2. The second kappa shape index (κ2) is 9.67. The van der Waals surface area contributed by atoms with Gasteiger partial charge in [0.05, 0.1) is 16.0 Å². The molecule has 2 amide bonds. The van der Waals surface area contributed by atoms with Crippen molar-refractivity contribution in [3.05, 3.63) is 99.4 Å². The van der Waals surface area contributed by atoms with Gasteiger partial charge in [0.15, 0.2) is 0 Å². The Morgan fingerprint density at radius 1 is 1.05 bits per heavy atom. The quantitative estimate of drug-likeness (QED) is 0.250. The van der Waals surface area contributed by atoms with E-state index in [0.29, 0.717) is 46.4 Å². The zero-order valence-corrected chi connectivity index (χ0v) is 20.9. The summed E-state index contributed by atoms with van der Waals surface area (Å²) in [5, 5.41) is 14.7. The largest absolute Gasteiger partial charge is 0.338 e. The number of nitrogens with one attached hydrogen (secondary N) is 1. The number of thiophene rings is 1. The first-order valence-corrected chi connectivity index (χ1v) is 12.9. The van der Waals surface area contributed by atoms with E-state index < -0.39 is 4.92 Å². The van der Waals surface area contributed by atoms with Crippen LogP contribution in [0.15, 0.2) is 73.2 Å². The molecule has 0 atom stereocenters. The van der Waals surface area contributed by atoms with Gasteiger partial charge in [0.2, 0.25) is 5.78 Å². The molecule has 1 N–H and O–H groups in total. The molecule has 38 heavy (non-hydrogen) atoms. The SMILES string of the molecule is O=C(Nc1ccc(C2CCN(C(=O)c3cc4cc([N+](=O)[O-])ccc4s3)CC2)cc1)c1cnc2ncccn12. The molecule has 0 saturated carbocycles. The number of nitro benzene ring substituents is 1. The van der Waals surface area contributed by atoms with Crippen molar-refractivity contribution in [2.24, 2.45) is 0 Å². The number of anilines is 1. The van der Waals surface area contributed by atoms with Crippen molar-refractivity contribution >= 4 is 50.4 Å². The van der Waals surface area contributed by atoms with Gasteiger partial charge >= 0.3 is 0 Å². The van der Waals surface area contributed by atoms with Crippen LogP contribution in [0.5, 0.6) is 0 Å². The third-order valence-electron chi connectivity index (χ3n) is 6.86. The number of carbonyl (C=O) groups excluding carboxylic acids is 2. The number of rotatable bonds is 5. The number of benzene rings is 2. The van der Waals surface area contributed by atoms with Gasteiger partial charge < -0.3 is 10.2 Å². The van der Waals surface area contributed by atoms with Crippen LogP contribution >= 0.6 is 11.3 Å². The second-order valence-corrected chi connectivity index (χ2v) is 10.2. The molecule has 0 unspecified atom stereocenters. The lowest BCUT2D eigenvalue weighted by atomic mass is 9.89. The van der Waals surface area contributed by atoms with Crippen molar-refractivity contribution in [3.8, 4) is 0 Å². The fourth-order valence-corrected chi connectivity index (χ4v) is 5.86. The van der Waals surface area contributed by atoms with Crippen molar-refractivity contribution in [3.63, 3.8) is 0 Å². The first-order valence-electron chi connectivity index (χ1n) is 12.1. The van der Waals surface area contributed by atoms with Crippen molar-refractivity contribution in [2.75, 3.05) is 18.4 Å². The number of nitrogens with zero attached hydrogens (tertiary/aromatic N) is 5. The van der Waals surface area contributed by atoms with Crippen LogP contribution in [0.3, 0.4) is 0 Å². The van der Waals surface area contributed by atoms with E-state index in [4.69, 9.17) is 0 Å². The van der Waals surface area contributed by atoms with Crippen LogP contribution in [0.25, 0.3) is 15.9 Å². The highest BCUT2D eigenvalue weighted by Crippen LogP contribution is 2.33. The summed E-state index contributed by atoms with van der Waals surface area (Å²) in [6, 6.07) is 16.0. The highest BCUT2D eigenvalue weighted by atomic mass is 32.1. The molecular formula is C27H22N6O4S. The summed E-state index contributed by atoms with van der Waals surface area (Å²) in [7, 11) is 0. The third-order valence-corrected chi connectivity index (χ3v) is 7.97. The number of fused-ring (bicyclic) bond motifs is 2. The molecule has 0 radical (unpaired) electrons. The molecule has 190 valence electrons. The molecule has 5 aromatic rings. The second-order valence-electron chi connectivity index (χ2n) is 9.17. The average Bonchev–Trinajstić information content (AvgIpc) is 3.57. The lowest BCUT2D eigenvalue weighted by Gasteiger charge is -2.32. The number of carbonyl (C=O) groups is 2. The number of aromatic nitrogens is 3. The molecule has 11 heteroatoms. The van der Waals surface area contributed by atoms with Crippen molar-refractivity contribution in [1.29, 1.82) is 0 Å². The van der Waals surface area contributed by atoms with E-state index in [1.807, 2.05) is 29.2 Å². The number of likely N-dealkylation sites (tertiary alicyclic amines) is 1. The summed E-state index contributed by atoms with van der Waals surface area (Å²) >= 11 is 1.37. The van der Waals surface area contributed by atoms with Crippen molar-refractivity contribution in [2.45, 2.75) is 18.8 Å². The molecule has 1 aliphatic rings. The van der Waals surface area contributed by atoms with Gasteiger partial charge in [0.25, 0.3) is 17.5 Å². The topological polar surface area (TPSA) is 123 Å². The molecule has 0 aliphatic carbocycles. The number of hydrogen-bond acceptors (Lipinski definition) is 7. The van der Waals surface area contributed by atoms with Gasteiger partial charge in [-0.25, -0.2) is 9.97 Å². The van der Waals surface area contributed by atoms with E-state index in [2.05, 4.69) is 15.3 Å². The monoisotopic (exact) mass is 526 g/mol. The van der Waals surface area contributed by atoms with Gasteiger partial charge in [-0.2, -0.15) is 0 Å². The summed E-state index contributed by atoms with van der Waals surface area (Å²) in [6.45, 7) is 1.28. The molecule has 0 spiro atoms. The highest BCUT2D eigenvalue weighted by Gasteiger charge is 2.26. The molecule has 0 bridgehead atoms. The van der Waals surface area contributed by atoms with Gasteiger partial charge in [0.1, 0.15) is 5.69 Å². The van der Waals surface area contributed by atoms with Gasteiger partial charge in [-0.05, 0) is 54.7 Å². The van der Waals surface area contributed by atoms with E-state index in [-0.39, 0.29) is 17.5 Å². The molecule has 10 nitrogen and oxygen atoms in total. The zero-order chi connectivity index (χ0) is 26.2. The Morgan fingerprint density at radius 2 is 1.84 bits per heavy atom. The van der Waals surface area contributed by atoms with E-state index in [1.54, 1.807) is 35.0 Å². The Kier molecular flexibility index (Phi) is 6.04. The van der Waals surface area contributed by atoms with Crippen molar-refractivity contribution in [1.82, 2.24) is 19.3 Å². The Bertz CT molecular complexity index is 1690. The fourth-order valence-electron chi connectivity index (χ4n) is 4.85. The molecule has 1 aliphatic heterocycles. The van der Waals surface area contributed by atoms with E-state index in [0.717, 1.165) is 17.5 Å². The van der Waals surface area contributed by atoms with Crippen molar-refractivity contribution < 1.29 is 14.5 Å². The average molecular weight is 527 g/mol. The summed E-state index contributed by atoms with van der Waals surface area (Å²) < 4.78 is 2.50. The first-order chi connectivity index (χ1) is 18.5. The lowest BCUT2D eigenvalue weighted by Crippen LogP contribution is -2.37. The number of non-ortho nitro benzene ring substituents is 1. The predicted octanol–water partition coefficient (Wildman–Crippen LogP) is 5.12. The maximum Gasteiger partial charge on any atom is 0.274 e. The highest BCUT2D eigenvalue weighted by molar-refractivity contribution is 7.20. The minimum absolute atomic E-state index is 0.0216. The van der Waals surface area contributed by atoms with E-state index >= 15 is 0 Å². The number of nitro groups is 1. The van der Waals surface area contributed by atoms with Crippen LogP contribution in [0.1, 0.15) is 44.5 Å². The Morgan fingerprint density at radius 3 is 2.61 bits per heavy atom. The van der Waals surface area contributed by atoms with Crippen LogP contribution < -0.4 is 5.32 Å². The molecule has 6 rings (SSSR count). The maximum absolute atomic E-state index is 13.1. The molecular weight excluding hydrogens is 504 g/mol. The number of imidazole rings is 1. The summed E-state index contributed by atoms with van der Waals surface area (Å²) in [5.41, 5.74) is 2.29. The van der Waals surface area contributed by atoms with Gasteiger partial charge in [0, 0.05) is 53.4 Å². The first kappa shape index (κ1) is 23.7. The third kappa shape index (κ3) is 4.48. The molecule has 2 aromatic carbocycles. The van der Waals surface area contributed by atoms with Gasteiger partial charge in [-0.1, -0.05) is 12.1 Å². The zero-order valence-electron chi connectivity index (χ0n) is 20.1.